The van der Waals surface area contributed by atoms with Crippen LogP contribution in [0, 0.1) is 0 Å². The van der Waals surface area contributed by atoms with Crippen molar-refractivity contribution in [2.75, 3.05) is 13.2 Å². The molecule has 1 aliphatic heterocycles. The maximum Gasteiger partial charge on any atom is 0.355 e. The molecule has 0 unspecified atom stereocenters. The first-order valence-corrected chi connectivity index (χ1v) is 10.2. The van der Waals surface area contributed by atoms with Crippen molar-refractivity contribution in [2.45, 2.75) is 19.8 Å². The molecule has 3 aromatic rings. The maximum atomic E-state index is 12.5. The van der Waals surface area contributed by atoms with E-state index in [0.717, 1.165) is 20.9 Å². The number of hydrogen-bond donors (Lipinski definition) is 1. The lowest BCUT2D eigenvalue weighted by molar-refractivity contribution is 0.0517. The molecular weight excluding hydrogens is 436 g/mol. The summed E-state index contributed by atoms with van der Waals surface area (Å²) in [6.07, 6.45) is 1.06. The van der Waals surface area contributed by atoms with Crippen LogP contribution < -0.4 is 0 Å². The van der Waals surface area contributed by atoms with Gasteiger partial charge in [-0.25, -0.2) is 4.79 Å². The van der Waals surface area contributed by atoms with Crippen LogP contribution in [-0.2, 0) is 11.2 Å². The highest BCUT2D eigenvalue weighted by atomic mass is 79.9. The minimum absolute atomic E-state index is 0.266. The molecule has 0 spiro atoms. The number of nitrogens with one attached hydrogen (secondary N) is 1. The number of rotatable bonds is 6. The molecule has 0 bridgehead atoms. The van der Waals surface area contributed by atoms with Gasteiger partial charge in [0.05, 0.1) is 17.7 Å². The first-order valence-electron chi connectivity index (χ1n) is 9.43. The Kier molecular flexibility index (Phi) is 5.24. The molecule has 29 heavy (non-hydrogen) atoms. The number of H-pyrrole nitrogens is 1. The number of carbonyl (C=O) groups excluding carboxylic acids is 3. The van der Waals surface area contributed by atoms with Gasteiger partial charge in [-0.3, -0.25) is 14.5 Å². The van der Waals surface area contributed by atoms with E-state index in [1.54, 1.807) is 31.2 Å². The van der Waals surface area contributed by atoms with Crippen LogP contribution in [0.25, 0.3) is 10.9 Å². The summed E-state index contributed by atoms with van der Waals surface area (Å²) in [7, 11) is 0. The first kappa shape index (κ1) is 19.4. The van der Waals surface area contributed by atoms with E-state index >= 15 is 0 Å². The van der Waals surface area contributed by atoms with Gasteiger partial charge in [-0.2, -0.15) is 0 Å². The number of hydrogen-bond acceptors (Lipinski definition) is 4. The van der Waals surface area contributed by atoms with Crippen LogP contribution in [0.1, 0.15) is 50.1 Å². The third-order valence-electron chi connectivity index (χ3n) is 5.03. The largest absolute Gasteiger partial charge is 0.461 e. The Labute approximate surface area is 176 Å². The van der Waals surface area contributed by atoms with Crippen LogP contribution in [0.4, 0.5) is 0 Å². The van der Waals surface area contributed by atoms with Crippen molar-refractivity contribution in [1.82, 2.24) is 9.88 Å². The lowest BCUT2D eigenvalue weighted by Crippen LogP contribution is -2.31. The van der Waals surface area contributed by atoms with Crippen LogP contribution >= 0.6 is 15.9 Å². The minimum Gasteiger partial charge on any atom is -0.461 e. The average Bonchev–Trinajstić information content (AvgIpc) is 3.19. The summed E-state index contributed by atoms with van der Waals surface area (Å²) in [5.41, 5.74) is 2.98. The van der Waals surface area contributed by atoms with Crippen molar-refractivity contribution < 1.29 is 19.1 Å². The van der Waals surface area contributed by atoms with E-state index in [2.05, 4.69) is 20.9 Å². The van der Waals surface area contributed by atoms with Crippen molar-refractivity contribution in [2.24, 2.45) is 0 Å². The fraction of sp³-hybridized carbons (Fsp3) is 0.227. The van der Waals surface area contributed by atoms with E-state index in [1.165, 1.54) is 4.90 Å². The predicted octanol–water partition coefficient (Wildman–Crippen LogP) is 4.34. The Morgan fingerprint density at radius 2 is 1.79 bits per heavy atom. The van der Waals surface area contributed by atoms with Gasteiger partial charge >= 0.3 is 5.97 Å². The Hall–Kier alpha value is -2.93. The Morgan fingerprint density at radius 1 is 1.10 bits per heavy atom. The maximum absolute atomic E-state index is 12.5. The summed E-state index contributed by atoms with van der Waals surface area (Å²) in [5.74, 6) is -0.939. The second-order valence-corrected chi connectivity index (χ2v) is 7.72. The zero-order valence-electron chi connectivity index (χ0n) is 15.8. The van der Waals surface area contributed by atoms with Gasteiger partial charge in [-0.15, -0.1) is 0 Å². The molecule has 0 atom stereocenters. The molecule has 0 aliphatic carbocycles. The van der Waals surface area contributed by atoms with Crippen molar-refractivity contribution >= 4 is 44.6 Å². The van der Waals surface area contributed by atoms with Crippen molar-refractivity contribution in [3.05, 3.63) is 69.3 Å². The number of halogens is 1. The Bertz CT molecular complexity index is 1100. The van der Waals surface area contributed by atoms with Crippen LogP contribution in [0.2, 0.25) is 0 Å². The fourth-order valence-electron chi connectivity index (χ4n) is 3.71. The number of aryl methyl sites for hydroxylation is 1. The molecule has 1 aliphatic rings. The topological polar surface area (TPSA) is 79.5 Å². The minimum atomic E-state index is -0.407. The van der Waals surface area contributed by atoms with Gasteiger partial charge < -0.3 is 9.72 Å². The smallest absolute Gasteiger partial charge is 0.355 e. The number of imide groups is 1. The number of carbonyl (C=O) groups is 3. The zero-order valence-corrected chi connectivity index (χ0v) is 17.4. The van der Waals surface area contributed by atoms with E-state index in [1.807, 2.05) is 18.2 Å². The summed E-state index contributed by atoms with van der Waals surface area (Å²) in [5, 5.41) is 0.921. The van der Waals surface area contributed by atoms with E-state index in [-0.39, 0.29) is 25.0 Å². The normalized spacial score (nSPS) is 13.2. The molecule has 0 saturated heterocycles. The van der Waals surface area contributed by atoms with Crippen molar-refractivity contribution in [3.63, 3.8) is 0 Å². The molecule has 2 heterocycles. The molecule has 1 aromatic heterocycles. The fourth-order valence-corrected chi connectivity index (χ4v) is 4.07. The second kappa shape index (κ2) is 7.83. The summed E-state index contributed by atoms with van der Waals surface area (Å²) in [6, 6.07) is 12.6. The number of amides is 2. The lowest BCUT2D eigenvalue weighted by atomic mass is 10.0. The van der Waals surface area contributed by atoms with Gasteiger partial charge in [0.1, 0.15) is 5.69 Å². The molecule has 148 valence electrons. The second-order valence-electron chi connectivity index (χ2n) is 6.80. The monoisotopic (exact) mass is 454 g/mol. The SMILES string of the molecule is CCOC(=O)c1[nH]c2ccc(Br)cc2c1CCCN1C(=O)c2ccccc2C1=O. The first-order chi connectivity index (χ1) is 14.0. The molecule has 6 nitrogen and oxygen atoms in total. The Morgan fingerprint density at radius 3 is 2.45 bits per heavy atom. The Balaban J connectivity index is 1.56. The molecule has 0 radical (unpaired) electrons. The molecule has 0 saturated carbocycles. The number of esters is 1. The number of ether oxygens (including phenoxy) is 1. The van der Waals surface area contributed by atoms with Gasteiger partial charge in [-0.05, 0) is 55.7 Å². The van der Waals surface area contributed by atoms with Crippen LogP contribution in [0.15, 0.2) is 46.9 Å². The number of aromatic amines is 1. The quantitative estimate of drug-likeness (QED) is 0.443. The zero-order chi connectivity index (χ0) is 20.5. The highest BCUT2D eigenvalue weighted by Crippen LogP contribution is 2.28. The highest BCUT2D eigenvalue weighted by molar-refractivity contribution is 9.10. The third kappa shape index (κ3) is 3.46. The van der Waals surface area contributed by atoms with Gasteiger partial charge in [0, 0.05) is 21.9 Å². The molecular formula is C22H19BrN2O4. The summed E-state index contributed by atoms with van der Waals surface area (Å²) < 4.78 is 6.09. The highest BCUT2D eigenvalue weighted by Gasteiger charge is 2.34. The third-order valence-corrected chi connectivity index (χ3v) is 5.53. The van der Waals surface area contributed by atoms with E-state index in [0.29, 0.717) is 29.7 Å². The van der Waals surface area contributed by atoms with Gasteiger partial charge in [0.25, 0.3) is 11.8 Å². The summed E-state index contributed by atoms with van der Waals surface area (Å²) >= 11 is 3.47. The molecule has 2 aromatic carbocycles. The van der Waals surface area contributed by atoms with Crippen molar-refractivity contribution in [1.29, 1.82) is 0 Å². The van der Waals surface area contributed by atoms with Crippen molar-refractivity contribution in [3.8, 4) is 0 Å². The van der Waals surface area contributed by atoms with Gasteiger partial charge in [0.15, 0.2) is 0 Å². The molecule has 0 fully saturated rings. The van der Waals surface area contributed by atoms with E-state index in [4.69, 9.17) is 4.74 Å². The molecule has 7 heteroatoms. The lowest BCUT2D eigenvalue weighted by Gasteiger charge is -2.13. The van der Waals surface area contributed by atoms with E-state index in [9.17, 15) is 14.4 Å². The summed E-state index contributed by atoms with van der Waals surface area (Å²) in [6.45, 7) is 2.33. The van der Waals surface area contributed by atoms with Crippen LogP contribution in [0.5, 0.6) is 0 Å². The molecule has 2 amide bonds. The number of benzene rings is 2. The predicted molar refractivity (Wildman–Crippen MR) is 112 cm³/mol. The van der Waals surface area contributed by atoms with Crippen LogP contribution in [-0.4, -0.2) is 40.8 Å². The number of aromatic nitrogens is 1. The molecule has 1 N–H and O–H groups in total. The van der Waals surface area contributed by atoms with Gasteiger partial charge in [0.2, 0.25) is 0 Å². The number of nitrogens with zero attached hydrogens (tertiary/aromatic N) is 1. The number of fused-ring (bicyclic) bond motifs is 2. The van der Waals surface area contributed by atoms with Crippen LogP contribution in [0.3, 0.4) is 0 Å². The average molecular weight is 455 g/mol. The summed E-state index contributed by atoms with van der Waals surface area (Å²) in [4.78, 5) is 41.9. The molecule has 4 rings (SSSR count). The standard InChI is InChI=1S/C22H19BrN2O4/c1-2-29-22(28)19-14(17-12-13(23)9-10-18(17)24-19)8-5-11-25-20(26)15-6-3-4-7-16(15)21(25)27/h3-4,6-7,9-10,12,24H,2,5,8,11H2,1H3. The van der Waals surface area contributed by atoms with Gasteiger partial charge in [-0.1, -0.05) is 28.1 Å². The van der Waals surface area contributed by atoms with E-state index < -0.39 is 5.97 Å².